The quantitative estimate of drug-likeness (QED) is 0.593. The van der Waals surface area contributed by atoms with Crippen LogP contribution in [0.2, 0.25) is 5.02 Å². The summed E-state index contributed by atoms with van der Waals surface area (Å²) in [5.41, 5.74) is 2.50. The second-order valence-electron chi connectivity index (χ2n) is 6.54. The van der Waals surface area contributed by atoms with Crippen LogP contribution in [0, 0.1) is 0 Å². The zero-order chi connectivity index (χ0) is 20.9. The number of carbonyl (C=O) groups excluding carboxylic acids is 1. The first-order chi connectivity index (χ1) is 13.8. The van der Waals surface area contributed by atoms with E-state index in [9.17, 15) is 13.2 Å². The van der Waals surface area contributed by atoms with Crippen LogP contribution < -0.4 is 5.32 Å². The Balaban J connectivity index is 1.59. The molecule has 2 aromatic carbocycles. The Hall–Kier alpha value is -2.68. The van der Waals surface area contributed by atoms with Crippen LogP contribution in [0.25, 0.3) is 5.69 Å². The minimum Gasteiger partial charge on any atom is -0.351 e. The van der Waals surface area contributed by atoms with Gasteiger partial charge in [0, 0.05) is 36.2 Å². The predicted octanol–water partition coefficient (Wildman–Crippen LogP) is 2.60. The monoisotopic (exact) mass is 432 g/mol. The Kier molecular flexibility index (Phi) is 6.68. The van der Waals surface area contributed by atoms with E-state index in [2.05, 4.69) is 10.3 Å². The lowest BCUT2D eigenvalue weighted by molar-refractivity contribution is -0.121. The van der Waals surface area contributed by atoms with Crippen molar-refractivity contribution in [2.45, 2.75) is 13.1 Å². The van der Waals surface area contributed by atoms with E-state index in [-0.39, 0.29) is 19.0 Å². The molecule has 0 fully saturated rings. The van der Waals surface area contributed by atoms with Crippen molar-refractivity contribution in [3.05, 3.63) is 83.4 Å². The largest absolute Gasteiger partial charge is 0.351 e. The van der Waals surface area contributed by atoms with Crippen molar-refractivity contribution in [2.75, 3.05) is 12.8 Å². The molecule has 1 heterocycles. The van der Waals surface area contributed by atoms with E-state index < -0.39 is 10.0 Å². The summed E-state index contributed by atoms with van der Waals surface area (Å²) in [6.07, 6.45) is 6.32. The van der Waals surface area contributed by atoms with Gasteiger partial charge >= 0.3 is 0 Å². The molecule has 0 bridgehead atoms. The molecule has 7 nitrogen and oxygen atoms in total. The number of imidazole rings is 1. The van der Waals surface area contributed by atoms with E-state index in [1.165, 1.54) is 0 Å². The molecule has 3 aromatic rings. The SMILES string of the molecule is CS(=O)(=O)N(CC(=O)NCc1ccc(-n2ccnc2)cc1)Cc1ccccc1Cl. The Bertz CT molecular complexity index is 1070. The molecule has 1 N–H and O–H groups in total. The molecule has 29 heavy (non-hydrogen) atoms. The Labute approximate surface area is 175 Å². The van der Waals surface area contributed by atoms with Gasteiger partial charge in [0.25, 0.3) is 0 Å². The lowest BCUT2D eigenvalue weighted by atomic mass is 10.2. The second-order valence-corrected chi connectivity index (χ2v) is 8.93. The van der Waals surface area contributed by atoms with Crippen molar-refractivity contribution in [3.63, 3.8) is 0 Å². The lowest BCUT2D eigenvalue weighted by Gasteiger charge is -2.20. The van der Waals surface area contributed by atoms with Gasteiger partial charge in [-0.15, -0.1) is 0 Å². The van der Waals surface area contributed by atoms with Crippen molar-refractivity contribution in [3.8, 4) is 5.69 Å². The van der Waals surface area contributed by atoms with E-state index >= 15 is 0 Å². The number of nitrogens with one attached hydrogen (secondary N) is 1. The van der Waals surface area contributed by atoms with Crippen LogP contribution in [0.3, 0.4) is 0 Å². The van der Waals surface area contributed by atoms with E-state index in [1.54, 1.807) is 36.8 Å². The third kappa shape index (κ3) is 5.90. The summed E-state index contributed by atoms with van der Waals surface area (Å²) < 4.78 is 27.2. The maximum atomic E-state index is 12.3. The highest BCUT2D eigenvalue weighted by molar-refractivity contribution is 7.88. The molecular formula is C20H21ClN4O3S. The van der Waals surface area contributed by atoms with Gasteiger partial charge in [0.2, 0.25) is 15.9 Å². The van der Waals surface area contributed by atoms with Crippen molar-refractivity contribution < 1.29 is 13.2 Å². The average molecular weight is 433 g/mol. The van der Waals surface area contributed by atoms with Crippen LogP contribution in [0.15, 0.2) is 67.3 Å². The highest BCUT2D eigenvalue weighted by Crippen LogP contribution is 2.18. The first-order valence-electron chi connectivity index (χ1n) is 8.85. The van der Waals surface area contributed by atoms with E-state index in [0.717, 1.165) is 21.8 Å². The van der Waals surface area contributed by atoms with Crippen LogP contribution in [-0.2, 0) is 27.9 Å². The number of hydrogen-bond donors (Lipinski definition) is 1. The van der Waals surface area contributed by atoms with E-state index in [1.807, 2.05) is 35.0 Å². The molecule has 0 saturated heterocycles. The maximum Gasteiger partial charge on any atom is 0.235 e. The fourth-order valence-electron chi connectivity index (χ4n) is 2.72. The third-order valence-corrected chi connectivity index (χ3v) is 5.89. The number of sulfonamides is 1. The molecule has 3 rings (SSSR count). The van der Waals surface area contributed by atoms with Crippen LogP contribution >= 0.6 is 11.6 Å². The first-order valence-corrected chi connectivity index (χ1v) is 11.1. The molecule has 152 valence electrons. The number of amides is 1. The minimum atomic E-state index is -3.58. The van der Waals surface area contributed by atoms with Crippen LogP contribution in [-0.4, -0.2) is 41.0 Å². The van der Waals surface area contributed by atoms with Gasteiger partial charge < -0.3 is 9.88 Å². The van der Waals surface area contributed by atoms with Gasteiger partial charge in [-0.3, -0.25) is 4.79 Å². The topological polar surface area (TPSA) is 84.3 Å². The summed E-state index contributed by atoms with van der Waals surface area (Å²) in [7, 11) is -3.58. The van der Waals surface area contributed by atoms with Gasteiger partial charge in [-0.2, -0.15) is 4.31 Å². The van der Waals surface area contributed by atoms with Gasteiger partial charge in [0.1, 0.15) is 0 Å². The number of hydrogen-bond acceptors (Lipinski definition) is 4. The zero-order valence-electron chi connectivity index (χ0n) is 15.8. The van der Waals surface area contributed by atoms with Crippen LogP contribution in [0.1, 0.15) is 11.1 Å². The number of nitrogens with zero attached hydrogens (tertiary/aromatic N) is 3. The Morgan fingerprint density at radius 1 is 1.17 bits per heavy atom. The second kappa shape index (κ2) is 9.21. The summed E-state index contributed by atoms with van der Waals surface area (Å²) in [6, 6.07) is 14.6. The number of halogens is 1. The Morgan fingerprint density at radius 3 is 2.52 bits per heavy atom. The molecule has 0 radical (unpaired) electrons. The summed E-state index contributed by atoms with van der Waals surface area (Å²) in [6.45, 7) is 0.0510. The normalized spacial score (nSPS) is 11.6. The lowest BCUT2D eigenvalue weighted by Crippen LogP contribution is -2.39. The summed E-state index contributed by atoms with van der Waals surface area (Å²) >= 11 is 6.12. The molecular weight excluding hydrogens is 412 g/mol. The fourth-order valence-corrected chi connectivity index (χ4v) is 3.64. The number of aromatic nitrogens is 2. The number of benzene rings is 2. The molecule has 9 heteroatoms. The van der Waals surface area contributed by atoms with Gasteiger partial charge in [-0.1, -0.05) is 41.9 Å². The van der Waals surface area contributed by atoms with Gasteiger partial charge in [0.15, 0.2) is 0 Å². The molecule has 1 amide bonds. The molecule has 0 spiro atoms. The average Bonchev–Trinajstić information content (AvgIpc) is 3.22. The van der Waals surface area contributed by atoms with Crippen molar-refractivity contribution in [1.29, 1.82) is 0 Å². The summed E-state index contributed by atoms with van der Waals surface area (Å²) in [5.74, 6) is -0.388. The molecule has 0 aliphatic rings. The molecule has 0 aliphatic heterocycles. The van der Waals surface area contributed by atoms with Crippen molar-refractivity contribution in [2.24, 2.45) is 0 Å². The highest BCUT2D eigenvalue weighted by atomic mass is 35.5. The third-order valence-electron chi connectivity index (χ3n) is 4.32. The van der Waals surface area contributed by atoms with Crippen LogP contribution in [0.5, 0.6) is 0 Å². The Morgan fingerprint density at radius 2 is 1.90 bits per heavy atom. The van der Waals surface area contributed by atoms with E-state index in [4.69, 9.17) is 11.6 Å². The number of rotatable bonds is 8. The minimum absolute atomic E-state index is 0.0333. The van der Waals surface area contributed by atoms with Crippen molar-refractivity contribution >= 4 is 27.5 Å². The maximum absolute atomic E-state index is 12.3. The summed E-state index contributed by atoms with van der Waals surface area (Å²) in [4.78, 5) is 16.3. The fraction of sp³-hybridized carbons (Fsp3) is 0.200. The van der Waals surface area contributed by atoms with Gasteiger partial charge in [0.05, 0.1) is 19.1 Å². The summed E-state index contributed by atoms with van der Waals surface area (Å²) in [5, 5.41) is 3.22. The molecule has 1 aromatic heterocycles. The van der Waals surface area contributed by atoms with Gasteiger partial charge in [-0.05, 0) is 29.3 Å². The predicted molar refractivity (Wildman–Crippen MR) is 112 cm³/mol. The molecule has 0 atom stereocenters. The van der Waals surface area contributed by atoms with Crippen molar-refractivity contribution in [1.82, 2.24) is 19.2 Å². The van der Waals surface area contributed by atoms with E-state index in [0.29, 0.717) is 17.1 Å². The van der Waals surface area contributed by atoms with Crippen LogP contribution in [0.4, 0.5) is 0 Å². The molecule has 0 aliphatic carbocycles. The smallest absolute Gasteiger partial charge is 0.235 e. The highest BCUT2D eigenvalue weighted by Gasteiger charge is 2.21. The zero-order valence-corrected chi connectivity index (χ0v) is 17.4. The van der Waals surface area contributed by atoms with Gasteiger partial charge in [-0.25, -0.2) is 13.4 Å². The number of carbonyl (C=O) groups is 1. The first kappa shape index (κ1) is 21.0. The molecule has 0 unspecified atom stereocenters. The standard InChI is InChI=1S/C20H21ClN4O3S/c1-29(27,28)25(13-17-4-2-3-5-19(17)21)14-20(26)23-12-16-6-8-18(9-7-16)24-11-10-22-15-24/h2-11,15H,12-14H2,1H3,(H,23,26). The molecule has 0 saturated carbocycles.